The molecule has 0 saturated heterocycles. The van der Waals surface area contributed by atoms with Crippen LogP contribution in [0.4, 0.5) is 19.1 Å². The van der Waals surface area contributed by atoms with Crippen LogP contribution < -0.4 is 10.1 Å². The Hall–Kier alpha value is -3.33. The first-order chi connectivity index (χ1) is 15.7. The molecule has 0 saturated carbocycles. The van der Waals surface area contributed by atoms with E-state index in [1.807, 2.05) is 24.3 Å². The monoisotopic (exact) mass is 474 g/mol. The minimum Gasteiger partial charge on any atom is -0.497 e. The number of Topliss-reactive ketones (excluding diaryl/α,β-unsaturated/α-hetero) is 1. The summed E-state index contributed by atoms with van der Waals surface area (Å²) in [6.45, 7) is 0. The van der Waals surface area contributed by atoms with Crippen LogP contribution in [0.5, 0.6) is 5.75 Å². The second-order valence-electron chi connectivity index (χ2n) is 7.98. The molecular formula is C23H18ClF3N4O2. The molecule has 1 aliphatic heterocycles. The van der Waals surface area contributed by atoms with Crippen LogP contribution in [-0.4, -0.2) is 27.7 Å². The van der Waals surface area contributed by atoms with Gasteiger partial charge in [-0.2, -0.15) is 18.2 Å². The first-order valence-corrected chi connectivity index (χ1v) is 10.6. The Morgan fingerprint density at radius 3 is 2.58 bits per heavy atom. The number of ketones is 1. The molecular weight excluding hydrogens is 457 g/mol. The maximum atomic E-state index is 13.4. The molecule has 10 heteroatoms. The van der Waals surface area contributed by atoms with E-state index in [-0.39, 0.29) is 24.1 Å². The second kappa shape index (κ2) is 7.91. The van der Waals surface area contributed by atoms with E-state index in [1.165, 1.54) is 0 Å². The van der Waals surface area contributed by atoms with Crippen LogP contribution in [0.25, 0.3) is 0 Å². The summed E-state index contributed by atoms with van der Waals surface area (Å²) in [5.41, 5.74) is 2.46. The lowest BCUT2D eigenvalue weighted by Gasteiger charge is -2.35. The molecule has 6 nitrogen and oxygen atoms in total. The third kappa shape index (κ3) is 3.86. The zero-order chi connectivity index (χ0) is 23.3. The van der Waals surface area contributed by atoms with Gasteiger partial charge >= 0.3 is 6.18 Å². The highest BCUT2D eigenvalue weighted by Gasteiger charge is 2.43. The van der Waals surface area contributed by atoms with E-state index in [1.54, 1.807) is 31.4 Å². The number of fused-ring (bicyclic) bond motifs is 1. The molecule has 0 unspecified atom stereocenters. The zero-order valence-corrected chi connectivity index (χ0v) is 18.1. The van der Waals surface area contributed by atoms with Gasteiger partial charge in [-0.25, -0.2) is 4.68 Å². The number of hydrogen-bond donors (Lipinski definition) is 1. The van der Waals surface area contributed by atoms with Crippen molar-refractivity contribution in [3.63, 3.8) is 0 Å². The van der Waals surface area contributed by atoms with E-state index in [9.17, 15) is 18.0 Å². The van der Waals surface area contributed by atoms with Crippen molar-refractivity contribution in [1.82, 2.24) is 14.8 Å². The van der Waals surface area contributed by atoms with Crippen LogP contribution in [0.1, 0.15) is 41.8 Å². The van der Waals surface area contributed by atoms with Crippen molar-refractivity contribution in [3.05, 3.63) is 81.8 Å². The lowest BCUT2D eigenvalue weighted by Crippen LogP contribution is -2.33. The van der Waals surface area contributed by atoms with Gasteiger partial charge in [-0.1, -0.05) is 35.9 Å². The summed E-state index contributed by atoms with van der Waals surface area (Å²) in [6.07, 6.45) is -4.06. The fourth-order valence-corrected chi connectivity index (χ4v) is 4.54. The van der Waals surface area contributed by atoms with Gasteiger partial charge in [0, 0.05) is 22.7 Å². The van der Waals surface area contributed by atoms with Gasteiger partial charge in [0.2, 0.25) is 5.95 Å². The topological polar surface area (TPSA) is 69.0 Å². The Balaban J connectivity index is 1.61. The number of carbonyl (C=O) groups excluding carboxylic acids is 1. The van der Waals surface area contributed by atoms with Crippen molar-refractivity contribution in [2.24, 2.45) is 0 Å². The molecule has 1 N–H and O–H groups in total. The number of nitrogens with zero attached hydrogens (tertiary/aromatic N) is 3. The summed E-state index contributed by atoms with van der Waals surface area (Å²) in [5.74, 6) is -0.960. The number of carbonyl (C=O) groups is 1. The predicted octanol–water partition coefficient (Wildman–Crippen LogP) is 5.37. The highest BCUT2D eigenvalue weighted by molar-refractivity contribution is 6.30. The van der Waals surface area contributed by atoms with Gasteiger partial charge in [0.15, 0.2) is 5.78 Å². The Morgan fingerprint density at radius 2 is 1.88 bits per heavy atom. The van der Waals surface area contributed by atoms with Crippen LogP contribution in [-0.2, 0) is 11.0 Å². The quantitative estimate of drug-likeness (QED) is 0.552. The third-order valence-corrected chi connectivity index (χ3v) is 6.18. The average Bonchev–Trinajstić information content (AvgIpc) is 3.23. The molecule has 2 atom stereocenters. The standard InChI is InChI=1S/C23H18ClF3N4O2/c1-33-16-4-2-3-13(9-16)14-10-17-19(18(32)11-14)20(12-5-7-15(24)8-6-12)31-22(28-17)29-21(30-31)23(25,26)27/h2-9,14,20H,10-11H2,1H3,(H,28,29,30)/t14-,20-/m1/s1. The third-order valence-electron chi connectivity index (χ3n) is 5.92. The minimum absolute atomic E-state index is 0.0554. The summed E-state index contributed by atoms with van der Waals surface area (Å²) in [7, 11) is 1.57. The fourth-order valence-electron chi connectivity index (χ4n) is 4.42. The van der Waals surface area contributed by atoms with E-state index in [4.69, 9.17) is 16.3 Å². The number of aromatic nitrogens is 3. The number of halogens is 4. The van der Waals surface area contributed by atoms with Crippen molar-refractivity contribution in [3.8, 4) is 5.75 Å². The van der Waals surface area contributed by atoms with Gasteiger partial charge in [0.1, 0.15) is 11.8 Å². The van der Waals surface area contributed by atoms with Crippen molar-refractivity contribution >= 4 is 23.3 Å². The molecule has 0 fully saturated rings. The lowest BCUT2D eigenvalue weighted by molar-refractivity contribution is -0.145. The molecule has 5 rings (SSSR count). The SMILES string of the molecule is COc1cccc([C@H]2CC(=O)C3=C(C2)Nc2nc(C(F)(F)F)nn2[C@@H]3c2ccc(Cl)cc2)c1. The number of nitrogens with one attached hydrogen (secondary N) is 1. The molecule has 0 amide bonds. The van der Waals surface area contributed by atoms with Gasteiger partial charge in [0.25, 0.3) is 5.82 Å². The van der Waals surface area contributed by atoms with Crippen LogP contribution in [0.2, 0.25) is 5.02 Å². The zero-order valence-electron chi connectivity index (χ0n) is 17.4. The smallest absolute Gasteiger partial charge is 0.453 e. The first kappa shape index (κ1) is 21.5. The number of ether oxygens (including phenoxy) is 1. The molecule has 0 bridgehead atoms. The molecule has 33 heavy (non-hydrogen) atoms. The largest absolute Gasteiger partial charge is 0.497 e. The normalized spacial score (nSPS) is 20.2. The fraction of sp³-hybridized carbons (Fsp3) is 0.261. The molecule has 0 spiro atoms. The number of anilines is 1. The average molecular weight is 475 g/mol. The molecule has 2 heterocycles. The van der Waals surface area contributed by atoms with Crippen LogP contribution in [0.15, 0.2) is 59.8 Å². The summed E-state index contributed by atoms with van der Waals surface area (Å²) in [5, 5.41) is 7.14. The van der Waals surface area contributed by atoms with Crippen LogP contribution >= 0.6 is 11.6 Å². The Bertz CT molecular complexity index is 1270. The molecule has 0 radical (unpaired) electrons. The van der Waals surface area contributed by atoms with E-state index >= 15 is 0 Å². The van der Waals surface area contributed by atoms with Crippen LogP contribution in [0.3, 0.4) is 0 Å². The Morgan fingerprint density at radius 1 is 1.12 bits per heavy atom. The summed E-state index contributed by atoms with van der Waals surface area (Å²) >= 11 is 6.01. The van der Waals surface area contributed by atoms with Gasteiger partial charge in [0.05, 0.1) is 7.11 Å². The number of benzene rings is 2. The number of alkyl halides is 3. The van der Waals surface area contributed by atoms with Crippen molar-refractivity contribution in [1.29, 1.82) is 0 Å². The van der Waals surface area contributed by atoms with E-state index < -0.39 is 18.0 Å². The van der Waals surface area contributed by atoms with Gasteiger partial charge in [-0.15, -0.1) is 5.10 Å². The molecule has 2 aromatic carbocycles. The Labute approximate surface area is 192 Å². The molecule has 3 aromatic rings. The van der Waals surface area contributed by atoms with Gasteiger partial charge in [-0.3, -0.25) is 4.79 Å². The summed E-state index contributed by atoms with van der Waals surface area (Å²) in [4.78, 5) is 17.1. The maximum absolute atomic E-state index is 13.4. The molecule has 1 aromatic heterocycles. The van der Waals surface area contributed by atoms with E-state index in [0.717, 1.165) is 10.2 Å². The highest BCUT2D eigenvalue weighted by Crippen LogP contribution is 2.45. The van der Waals surface area contributed by atoms with E-state index in [0.29, 0.717) is 34.0 Å². The Kier molecular flexibility index (Phi) is 5.16. The predicted molar refractivity (Wildman–Crippen MR) is 115 cm³/mol. The van der Waals surface area contributed by atoms with E-state index in [2.05, 4.69) is 15.4 Å². The molecule has 2 aliphatic rings. The van der Waals surface area contributed by atoms with Crippen LogP contribution in [0, 0.1) is 0 Å². The number of allylic oxidation sites excluding steroid dienone is 2. The van der Waals surface area contributed by atoms with Crippen molar-refractivity contribution < 1.29 is 22.7 Å². The molecule has 170 valence electrons. The number of methoxy groups -OCH3 is 1. The van der Waals surface area contributed by atoms with Gasteiger partial charge in [-0.05, 0) is 47.7 Å². The second-order valence-corrected chi connectivity index (χ2v) is 8.41. The number of hydrogen-bond acceptors (Lipinski definition) is 5. The van der Waals surface area contributed by atoms with Gasteiger partial charge < -0.3 is 10.1 Å². The maximum Gasteiger partial charge on any atom is 0.453 e. The summed E-state index contributed by atoms with van der Waals surface area (Å²) in [6, 6.07) is 13.2. The van der Waals surface area contributed by atoms with Crippen molar-refractivity contribution in [2.75, 3.05) is 12.4 Å². The number of rotatable bonds is 3. The molecule has 1 aliphatic carbocycles. The highest BCUT2D eigenvalue weighted by atomic mass is 35.5. The summed E-state index contributed by atoms with van der Waals surface area (Å²) < 4.78 is 46.6. The lowest BCUT2D eigenvalue weighted by atomic mass is 9.78. The first-order valence-electron chi connectivity index (χ1n) is 10.2. The minimum atomic E-state index is -4.72. The van der Waals surface area contributed by atoms with Crippen molar-refractivity contribution in [2.45, 2.75) is 31.0 Å².